The first kappa shape index (κ1) is 21.9. The van der Waals surface area contributed by atoms with E-state index in [1.165, 1.54) is 6.21 Å². The quantitative estimate of drug-likeness (QED) is 0.346. The van der Waals surface area contributed by atoms with Crippen LogP contribution in [0.15, 0.2) is 55.3 Å². The summed E-state index contributed by atoms with van der Waals surface area (Å²) in [6, 6.07) is 7.80. The Bertz CT molecular complexity index is 1330. The number of nitrogens with one attached hydrogen (secondary N) is 3. The van der Waals surface area contributed by atoms with Gasteiger partial charge in [-0.3, -0.25) is 9.67 Å². The molecule has 3 heterocycles. The molecular weight excluding hydrogens is 416 g/mol. The molecule has 0 aliphatic heterocycles. The van der Waals surface area contributed by atoms with E-state index in [4.69, 9.17) is 15.1 Å². The Balaban J connectivity index is 1.71. The van der Waals surface area contributed by atoms with Gasteiger partial charge >= 0.3 is 0 Å². The molecule has 0 aliphatic rings. The summed E-state index contributed by atoms with van der Waals surface area (Å²) in [7, 11) is 3.40. The number of ether oxygens (including phenoxy) is 1. The number of nitrogens with zero attached hydrogens (tertiary/aromatic N) is 5. The smallest absolute Gasteiger partial charge is 0.227 e. The summed E-state index contributed by atoms with van der Waals surface area (Å²) in [6.45, 7) is 4.16. The van der Waals surface area contributed by atoms with Crippen LogP contribution in [-0.4, -0.2) is 45.1 Å². The van der Waals surface area contributed by atoms with Gasteiger partial charge in [-0.15, -0.1) is 0 Å². The molecule has 0 bridgehead atoms. The SMILES string of the molecule is CN/C=C(\C=N)c1ccc(Nc2ncc3ccnc(-c4cnn(C(C)C)c4)c3n2)c(OC)c1. The molecule has 1 aromatic carbocycles. The van der Waals surface area contributed by atoms with Crippen LogP contribution in [0, 0.1) is 5.41 Å². The van der Waals surface area contributed by atoms with Crippen molar-refractivity contribution in [2.75, 3.05) is 19.5 Å². The highest BCUT2D eigenvalue weighted by Crippen LogP contribution is 2.31. The first-order chi connectivity index (χ1) is 16.0. The Morgan fingerprint density at radius 3 is 2.73 bits per heavy atom. The molecule has 4 aromatic rings. The molecule has 0 fully saturated rings. The fourth-order valence-electron chi connectivity index (χ4n) is 3.43. The van der Waals surface area contributed by atoms with Gasteiger partial charge in [0.1, 0.15) is 11.3 Å². The number of hydrogen-bond acceptors (Lipinski definition) is 8. The number of aromatic nitrogens is 5. The predicted molar refractivity (Wildman–Crippen MR) is 131 cm³/mol. The lowest BCUT2D eigenvalue weighted by Crippen LogP contribution is -2.02. The zero-order valence-electron chi connectivity index (χ0n) is 19.0. The second kappa shape index (κ2) is 9.47. The largest absolute Gasteiger partial charge is 0.495 e. The van der Waals surface area contributed by atoms with E-state index in [2.05, 4.69) is 39.5 Å². The maximum Gasteiger partial charge on any atom is 0.227 e. The summed E-state index contributed by atoms with van der Waals surface area (Å²) in [5, 5.41) is 19.1. The second-order valence-electron chi connectivity index (χ2n) is 7.67. The Labute approximate surface area is 192 Å². The zero-order chi connectivity index (χ0) is 23.4. The van der Waals surface area contributed by atoms with Crippen LogP contribution in [0.4, 0.5) is 11.6 Å². The molecule has 0 radical (unpaired) electrons. The average molecular weight is 443 g/mol. The molecule has 0 atom stereocenters. The van der Waals surface area contributed by atoms with Crippen LogP contribution >= 0.6 is 0 Å². The molecule has 9 heteroatoms. The van der Waals surface area contributed by atoms with E-state index < -0.39 is 0 Å². The van der Waals surface area contributed by atoms with Crippen LogP contribution < -0.4 is 15.4 Å². The monoisotopic (exact) mass is 442 g/mol. The number of pyridine rings is 1. The molecule has 0 saturated heterocycles. The number of anilines is 2. The molecule has 3 N–H and O–H groups in total. The highest BCUT2D eigenvalue weighted by atomic mass is 16.5. The molecule has 3 aromatic heterocycles. The summed E-state index contributed by atoms with van der Waals surface area (Å²) in [4.78, 5) is 13.8. The van der Waals surface area contributed by atoms with Crippen molar-refractivity contribution in [2.24, 2.45) is 0 Å². The highest BCUT2D eigenvalue weighted by Gasteiger charge is 2.13. The number of benzene rings is 1. The van der Waals surface area contributed by atoms with Crippen molar-refractivity contribution in [1.29, 1.82) is 5.41 Å². The zero-order valence-corrected chi connectivity index (χ0v) is 19.0. The van der Waals surface area contributed by atoms with Crippen molar-refractivity contribution in [3.05, 3.63) is 60.8 Å². The van der Waals surface area contributed by atoms with Gasteiger partial charge in [-0.2, -0.15) is 5.10 Å². The fraction of sp³-hybridized carbons (Fsp3) is 0.208. The molecule has 0 saturated carbocycles. The number of hydrogen-bond donors (Lipinski definition) is 3. The van der Waals surface area contributed by atoms with Crippen LogP contribution in [0.1, 0.15) is 25.5 Å². The molecule has 0 amide bonds. The lowest BCUT2D eigenvalue weighted by Gasteiger charge is -2.13. The van der Waals surface area contributed by atoms with E-state index in [1.807, 2.05) is 35.1 Å². The Hall–Kier alpha value is -4.27. The molecule has 4 rings (SSSR count). The first-order valence-electron chi connectivity index (χ1n) is 10.5. The third-order valence-electron chi connectivity index (χ3n) is 5.14. The van der Waals surface area contributed by atoms with Crippen molar-refractivity contribution >= 4 is 34.3 Å². The van der Waals surface area contributed by atoms with E-state index in [1.54, 1.807) is 38.9 Å². The molecule has 168 valence electrons. The molecule has 9 nitrogen and oxygen atoms in total. The van der Waals surface area contributed by atoms with E-state index in [-0.39, 0.29) is 6.04 Å². The van der Waals surface area contributed by atoms with Crippen molar-refractivity contribution in [1.82, 2.24) is 30.0 Å². The molecule has 0 aliphatic carbocycles. The summed E-state index contributed by atoms with van der Waals surface area (Å²) in [5.41, 5.74) is 4.69. The van der Waals surface area contributed by atoms with Crippen LogP contribution in [0.25, 0.3) is 27.7 Å². The van der Waals surface area contributed by atoms with Gasteiger partial charge in [-0.25, -0.2) is 9.97 Å². The topological polar surface area (TPSA) is 114 Å². The summed E-state index contributed by atoms with van der Waals surface area (Å²) in [6.07, 6.45) is 10.4. The summed E-state index contributed by atoms with van der Waals surface area (Å²) < 4.78 is 7.47. The average Bonchev–Trinajstić information content (AvgIpc) is 3.33. The van der Waals surface area contributed by atoms with Crippen LogP contribution in [0.3, 0.4) is 0 Å². The minimum absolute atomic E-state index is 0.257. The van der Waals surface area contributed by atoms with E-state index >= 15 is 0 Å². The molecule has 0 spiro atoms. The summed E-state index contributed by atoms with van der Waals surface area (Å²) in [5.74, 6) is 1.04. The normalized spacial score (nSPS) is 11.6. The maximum absolute atomic E-state index is 7.63. The van der Waals surface area contributed by atoms with Crippen molar-refractivity contribution in [2.45, 2.75) is 19.9 Å². The van der Waals surface area contributed by atoms with Crippen molar-refractivity contribution < 1.29 is 4.74 Å². The number of methoxy groups -OCH3 is 1. The van der Waals surface area contributed by atoms with Crippen molar-refractivity contribution in [3.8, 4) is 17.0 Å². The van der Waals surface area contributed by atoms with Crippen molar-refractivity contribution in [3.63, 3.8) is 0 Å². The number of rotatable bonds is 8. The Kier molecular flexibility index (Phi) is 6.30. The lowest BCUT2D eigenvalue weighted by atomic mass is 10.1. The van der Waals surface area contributed by atoms with Gasteiger partial charge in [0.15, 0.2) is 0 Å². The minimum Gasteiger partial charge on any atom is -0.495 e. The van der Waals surface area contributed by atoms with Crippen LogP contribution in [0.5, 0.6) is 5.75 Å². The van der Waals surface area contributed by atoms with Gasteiger partial charge in [0.25, 0.3) is 0 Å². The molecule has 0 unspecified atom stereocenters. The second-order valence-corrected chi connectivity index (χ2v) is 7.67. The van der Waals surface area contributed by atoms with Crippen LogP contribution in [0.2, 0.25) is 0 Å². The number of allylic oxidation sites excluding steroid dienone is 1. The van der Waals surface area contributed by atoms with E-state index in [0.29, 0.717) is 17.4 Å². The maximum atomic E-state index is 7.63. The lowest BCUT2D eigenvalue weighted by molar-refractivity contribution is 0.416. The van der Waals surface area contributed by atoms with Gasteiger partial charge in [0.2, 0.25) is 5.95 Å². The number of fused-ring (bicyclic) bond motifs is 1. The highest BCUT2D eigenvalue weighted by molar-refractivity contribution is 6.08. The fourth-order valence-corrected chi connectivity index (χ4v) is 3.43. The van der Waals surface area contributed by atoms with Gasteiger partial charge in [-0.05, 0) is 37.6 Å². The minimum atomic E-state index is 0.257. The van der Waals surface area contributed by atoms with Gasteiger partial charge in [0, 0.05) is 60.6 Å². The predicted octanol–water partition coefficient (Wildman–Crippen LogP) is 4.43. The molecule has 33 heavy (non-hydrogen) atoms. The standard InChI is InChI=1S/C24H26N8O/c1-15(2)32-14-19(13-29-32)22-23-17(7-8-27-22)12-28-24(31-23)30-20-6-5-16(9-21(20)33-4)18(10-25)11-26-3/h5-15,25-26H,1-4H3,(H,28,30,31)/b18-11+,25-10?. The third-order valence-corrected chi connectivity index (χ3v) is 5.14. The van der Waals surface area contributed by atoms with Gasteiger partial charge < -0.3 is 20.8 Å². The molecular formula is C24H26N8O. The first-order valence-corrected chi connectivity index (χ1v) is 10.5. The van der Waals surface area contributed by atoms with Crippen LogP contribution in [-0.2, 0) is 0 Å². The van der Waals surface area contributed by atoms with Gasteiger partial charge in [-0.1, -0.05) is 6.07 Å². The van der Waals surface area contributed by atoms with E-state index in [0.717, 1.165) is 33.3 Å². The summed E-state index contributed by atoms with van der Waals surface area (Å²) >= 11 is 0. The van der Waals surface area contributed by atoms with E-state index in [9.17, 15) is 0 Å². The van der Waals surface area contributed by atoms with Gasteiger partial charge in [0.05, 0.1) is 24.7 Å². The third kappa shape index (κ3) is 4.52. The Morgan fingerprint density at radius 1 is 1.18 bits per heavy atom. The Morgan fingerprint density at radius 2 is 2.03 bits per heavy atom.